The summed E-state index contributed by atoms with van der Waals surface area (Å²) in [4.78, 5) is 11.9. The predicted octanol–water partition coefficient (Wildman–Crippen LogP) is 1.84. The third-order valence-corrected chi connectivity index (χ3v) is 4.05. The molecule has 0 spiro atoms. The summed E-state index contributed by atoms with van der Waals surface area (Å²) in [5, 5.41) is 10.2. The zero-order chi connectivity index (χ0) is 14.4. The smallest absolute Gasteiger partial charge is 0.352 e. The lowest BCUT2D eigenvalue weighted by Crippen LogP contribution is -2.55. The van der Waals surface area contributed by atoms with Gasteiger partial charge in [0.15, 0.2) is 0 Å². The minimum Gasteiger partial charge on any atom is -0.472 e. The van der Waals surface area contributed by atoms with E-state index in [1.54, 1.807) is 6.92 Å². The molecule has 4 heteroatoms. The molecule has 1 heterocycles. The molecule has 19 heavy (non-hydrogen) atoms. The second-order valence-electron chi connectivity index (χ2n) is 5.36. The van der Waals surface area contributed by atoms with Crippen LogP contribution in [0.3, 0.4) is 0 Å². The second kappa shape index (κ2) is 4.53. The fourth-order valence-corrected chi connectivity index (χ4v) is 2.54. The van der Waals surface area contributed by atoms with Crippen molar-refractivity contribution in [2.75, 3.05) is 7.11 Å². The minimum atomic E-state index is -1.34. The van der Waals surface area contributed by atoms with Crippen molar-refractivity contribution < 1.29 is 19.4 Å². The average molecular weight is 264 g/mol. The molecule has 1 aromatic carbocycles. The van der Waals surface area contributed by atoms with Crippen LogP contribution in [-0.2, 0) is 16.0 Å². The Kier molecular flexibility index (Phi) is 3.31. The summed E-state index contributed by atoms with van der Waals surface area (Å²) in [7, 11) is 1.30. The molecule has 2 unspecified atom stereocenters. The predicted molar refractivity (Wildman–Crippen MR) is 71.4 cm³/mol. The van der Waals surface area contributed by atoms with Crippen LogP contribution >= 0.6 is 0 Å². The molecule has 2 atom stereocenters. The van der Waals surface area contributed by atoms with Crippen molar-refractivity contribution in [1.29, 1.82) is 0 Å². The average Bonchev–Trinajstić information content (AvgIpc) is 2.37. The first-order valence-corrected chi connectivity index (χ1v) is 6.36. The normalized spacial score (nSPS) is 25.5. The molecule has 4 nitrogen and oxygen atoms in total. The van der Waals surface area contributed by atoms with Gasteiger partial charge in [-0.05, 0) is 44.4 Å². The Morgan fingerprint density at radius 2 is 2.05 bits per heavy atom. The first-order chi connectivity index (χ1) is 8.81. The maximum Gasteiger partial charge on any atom is 0.352 e. The SMILES string of the molecule is COC(=O)C1(C)Oc2c(C)c(C)cc(C)c2CC1O. The van der Waals surface area contributed by atoms with Gasteiger partial charge in [0, 0.05) is 12.0 Å². The van der Waals surface area contributed by atoms with E-state index in [-0.39, 0.29) is 0 Å². The van der Waals surface area contributed by atoms with E-state index in [0.29, 0.717) is 12.2 Å². The molecule has 0 fully saturated rings. The molecule has 0 saturated heterocycles. The van der Waals surface area contributed by atoms with Gasteiger partial charge in [-0.25, -0.2) is 4.79 Å². The highest BCUT2D eigenvalue weighted by Gasteiger charge is 2.48. The number of aliphatic hydroxyl groups is 1. The molecule has 1 aliphatic heterocycles. The molecular formula is C15H20O4. The summed E-state index contributed by atoms with van der Waals surface area (Å²) in [5.74, 6) is 0.153. The topological polar surface area (TPSA) is 55.8 Å². The van der Waals surface area contributed by atoms with Crippen LogP contribution in [0.4, 0.5) is 0 Å². The first kappa shape index (κ1) is 13.9. The molecule has 1 aliphatic rings. The van der Waals surface area contributed by atoms with Gasteiger partial charge < -0.3 is 14.6 Å². The number of carbonyl (C=O) groups excluding carboxylic acids is 1. The zero-order valence-corrected chi connectivity index (χ0v) is 12.0. The second-order valence-corrected chi connectivity index (χ2v) is 5.36. The summed E-state index contributed by atoms with van der Waals surface area (Å²) in [6, 6.07) is 2.07. The largest absolute Gasteiger partial charge is 0.472 e. The number of rotatable bonds is 1. The Balaban J connectivity index is 2.56. The van der Waals surface area contributed by atoms with Gasteiger partial charge in [0.05, 0.1) is 7.11 Å². The van der Waals surface area contributed by atoms with Crippen LogP contribution in [0.25, 0.3) is 0 Å². The number of methoxy groups -OCH3 is 1. The van der Waals surface area contributed by atoms with E-state index >= 15 is 0 Å². The quantitative estimate of drug-likeness (QED) is 0.786. The number of ether oxygens (including phenoxy) is 2. The van der Waals surface area contributed by atoms with Crippen LogP contribution in [0.2, 0.25) is 0 Å². The monoisotopic (exact) mass is 264 g/mol. The lowest BCUT2D eigenvalue weighted by molar-refractivity contribution is -0.169. The number of carbonyl (C=O) groups is 1. The molecular weight excluding hydrogens is 244 g/mol. The molecule has 0 bridgehead atoms. The third-order valence-electron chi connectivity index (χ3n) is 4.05. The summed E-state index contributed by atoms with van der Waals surface area (Å²) in [6.07, 6.45) is -0.512. The Morgan fingerprint density at radius 1 is 1.42 bits per heavy atom. The van der Waals surface area contributed by atoms with Crippen molar-refractivity contribution >= 4 is 5.97 Å². The number of aliphatic hydroxyl groups excluding tert-OH is 1. The fraction of sp³-hybridized carbons (Fsp3) is 0.533. The minimum absolute atomic E-state index is 0.397. The van der Waals surface area contributed by atoms with Gasteiger partial charge in [-0.1, -0.05) is 6.07 Å². The van der Waals surface area contributed by atoms with Crippen LogP contribution in [0.1, 0.15) is 29.2 Å². The number of aryl methyl sites for hydroxylation is 2. The van der Waals surface area contributed by atoms with Crippen LogP contribution in [0, 0.1) is 20.8 Å². The molecule has 0 saturated carbocycles. The van der Waals surface area contributed by atoms with Gasteiger partial charge in [-0.3, -0.25) is 0 Å². The summed E-state index contributed by atoms with van der Waals surface area (Å²) < 4.78 is 10.6. The Morgan fingerprint density at radius 3 is 2.63 bits per heavy atom. The Labute approximate surface area is 113 Å². The van der Waals surface area contributed by atoms with Crippen molar-refractivity contribution in [2.45, 2.75) is 45.8 Å². The van der Waals surface area contributed by atoms with Crippen molar-refractivity contribution in [3.63, 3.8) is 0 Å². The van der Waals surface area contributed by atoms with E-state index in [4.69, 9.17) is 9.47 Å². The maximum absolute atomic E-state index is 11.9. The third kappa shape index (κ3) is 2.00. The van der Waals surface area contributed by atoms with Crippen LogP contribution in [0.5, 0.6) is 5.75 Å². The van der Waals surface area contributed by atoms with Crippen molar-refractivity contribution in [3.05, 3.63) is 28.3 Å². The highest BCUT2D eigenvalue weighted by Crippen LogP contribution is 2.39. The fourth-order valence-electron chi connectivity index (χ4n) is 2.54. The van der Waals surface area contributed by atoms with Gasteiger partial charge in [0.1, 0.15) is 11.9 Å². The van der Waals surface area contributed by atoms with Crippen molar-refractivity contribution in [3.8, 4) is 5.75 Å². The summed E-state index contributed by atoms with van der Waals surface area (Å²) in [5.41, 5.74) is 2.82. The molecule has 2 rings (SSSR count). The van der Waals surface area contributed by atoms with E-state index in [1.807, 2.05) is 20.8 Å². The standard InChI is InChI=1S/C15H20O4/c1-8-6-9(2)11-7-12(16)15(4,14(17)18-5)19-13(11)10(8)3/h6,12,16H,7H2,1-5H3. The summed E-state index contributed by atoms with van der Waals surface area (Å²) >= 11 is 0. The Hall–Kier alpha value is -1.55. The number of benzene rings is 1. The molecule has 0 aromatic heterocycles. The van der Waals surface area contributed by atoms with Crippen LogP contribution in [0.15, 0.2) is 6.07 Å². The molecule has 0 amide bonds. The zero-order valence-electron chi connectivity index (χ0n) is 12.0. The van der Waals surface area contributed by atoms with E-state index < -0.39 is 17.7 Å². The first-order valence-electron chi connectivity index (χ1n) is 6.36. The number of fused-ring (bicyclic) bond motifs is 1. The van der Waals surface area contributed by atoms with Crippen molar-refractivity contribution in [2.24, 2.45) is 0 Å². The lowest BCUT2D eigenvalue weighted by atomic mass is 9.85. The molecule has 0 aliphatic carbocycles. The Bertz CT molecular complexity index is 535. The number of hydrogen-bond acceptors (Lipinski definition) is 4. The highest BCUT2D eigenvalue weighted by molar-refractivity contribution is 5.81. The maximum atomic E-state index is 11.9. The highest BCUT2D eigenvalue weighted by atomic mass is 16.6. The van der Waals surface area contributed by atoms with Gasteiger partial charge in [0.25, 0.3) is 0 Å². The van der Waals surface area contributed by atoms with E-state index in [0.717, 1.165) is 22.3 Å². The number of esters is 1. The summed E-state index contributed by atoms with van der Waals surface area (Å²) in [6.45, 7) is 7.53. The van der Waals surface area contributed by atoms with E-state index in [9.17, 15) is 9.90 Å². The number of hydrogen-bond donors (Lipinski definition) is 1. The van der Waals surface area contributed by atoms with Crippen LogP contribution in [-0.4, -0.2) is 29.9 Å². The molecule has 1 N–H and O–H groups in total. The van der Waals surface area contributed by atoms with Crippen molar-refractivity contribution in [1.82, 2.24) is 0 Å². The van der Waals surface area contributed by atoms with Crippen LogP contribution < -0.4 is 4.74 Å². The van der Waals surface area contributed by atoms with Gasteiger partial charge in [0.2, 0.25) is 5.60 Å². The van der Waals surface area contributed by atoms with E-state index in [2.05, 4.69) is 6.07 Å². The molecule has 1 aromatic rings. The lowest BCUT2D eigenvalue weighted by Gasteiger charge is -2.38. The molecule has 104 valence electrons. The van der Waals surface area contributed by atoms with E-state index in [1.165, 1.54) is 7.11 Å². The van der Waals surface area contributed by atoms with Gasteiger partial charge in [-0.15, -0.1) is 0 Å². The van der Waals surface area contributed by atoms with Gasteiger partial charge >= 0.3 is 5.97 Å². The van der Waals surface area contributed by atoms with Gasteiger partial charge in [-0.2, -0.15) is 0 Å². The molecule has 0 radical (unpaired) electrons.